The largest absolute Gasteiger partial charge is 0.391 e. The number of rotatable bonds is 5. The molecule has 0 bridgehead atoms. The molecule has 0 aliphatic rings. The lowest BCUT2D eigenvalue weighted by Crippen LogP contribution is -2.26. The quantitative estimate of drug-likeness (QED) is 0.913. The first-order chi connectivity index (χ1) is 8.95. The summed E-state index contributed by atoms with van der Waals surface area (Å²) in [6, 6.07) is 1.53. The summed E-state index contributed by atoms with van der Waals surface area (Å²) in [7, 11) is -2.01. The Morgan fingerprint density at radius 2 is 2.21 bits per heavy atom. The maximum Gasteiger partial charge on any atom is 0.244 e. The van der Waals surface area contributed by atoms with Crippen molar-refractivity contribution in [2.75, 3.05) is 7.05 Å². The predicted molar refractivity (Wildman–Crippen MR) is 75.7 cm³/mol. The van der Waals surface area contributed by atoms with E-state index in [4.69, 9.17) is 5.11 Å². The van der Waals surface area contributed by atoms with E-state index >= 15 is 0 Å². The Morgan fingerprint density at radius 1 is 1.47 bits per heavy atom. The summed E-state index contributed by atoms with van der Waals surface area (Å²) in [6.45, 7) is 1.85. The van der Waals surface area contributed by atoms with Gasteiger partial charge in [0.25, 0.3) is 0 Å². The molecule has 19 heavy (non-hydrogen) atoms. The van der Waals surface area contributed by atoms with Gasteiger partial charge in [0.2, 0.25) is 10.0 Å². The lowest BCUT2D eigenvalue weighted by Gasteiger charge is -2.15. The minimum Gasteiger partial charge on any atom is -0.391 e. The third-order valence-electron chi connectivity index (χ3n) is 2.64. The summed E-state index contributed by atoms with van der Waals surface area (Å²) in [5, 5.41) is 10.9. The molecule has 0 aromatic carbocycles. The Morgan fingerprint density at radius 3 is 2.74 bits per heavy atom. The topological polar surface area (TPSA) is 70.5 Å². The molecule has 0 radical (unpaired) electrons. The zero-order valence-corrected chi connectivity index (χ0v) is 13.0. The van der Waals surface area contributed by atoms with Crippen LogP contribution in [0.1, 0.15) is 15.4 Å². The van der Waals surface area contributed by atoms with E-state index in [1.165, 1.54) is 40.1 Å². The smallest absolute Gasteiger partial charge is 0.244 e. The van der Waals surface area contributed by atoms with E-state index < -0.39 is 10.0 Å². The molecule has 0 spiro atoms. The second-order valence-corrected chi connectivity index (χ2v) is 8.10. The molecule has 0 amide bonds. The fourth-order valence-corrected chi connectivity index (χ4v) is 4.81. The summed E-state index contributed by atoms with van der Waals surface area (Å²) in [5.74, 6) is 0. The number of aliphatic hydroxyl groups excluding tert-OH is 1. The van der Waals surface area contributed by atoms with E-state index in [1.54, 1.807) is 12.4 Å². The highest BCUT2D eigenvalue weighted by molar-refractivity contribution is 7.89. The SMILES string of the molecule is Cc1sc(CO)cc1S(=O)(=O)N(C)Cc1cscn1. The third-order valence-corrected chi connectivity index (χ3v) is 6.36. The minimum atomic E-state index is -3.54. The molecule has 8 heteroatoms. The van der Waals surface area contributed by atoms with Crippen molar-refractivity contribution in [2.24, 2.45) is 0 Å². The highest BCUT2D eigenvalue weighted by Gasteiger charge is 2.25. The standard InChI is InChI=1S/C11H14N2O3S3/c1-8-11(3-10(5-14)18-8)19(15,16)13(2)4-9-6-17-7-12-9/h3,6-7,14H,4-5H2,1-2H3. The summed E-state index contributed by atoms with van der Waals surface area (Å²) < 4.78 is 26.1. The van der Waals surface area contributed by atoms with Crippen molar-refractivity contribution in [3.05, 3.63) is 32.4 Å². The molecule has 2 rings (SSSR count). The van der Waals surface area contributed by atoms with Gasteiger partial charge in [0.1, 0.15) is 0 Å². The molecule has 0 unspecified atom stereocenters. The fourth-order valence-electron chi connectivity index (χ4n) is 1.65. The van der Waals surface area contributed by atoms with Gasteiger partial charge in [-0.2, -0.15) is 4.31 Å². The zero-order chi connectivity index (χ0) is 14.0. The van der Waals surface area contributed by atoms with Crippen molar-refractivity contribution < 1.29 is 13.5 Å². The van der Waals surface area contributed by atoms with Crippen LogP contribution in [-0.4, -0.2) is 29.9 Å². The number of aryl methyl sites for hydroxylation is 1. The number of aromatic nitrogens is 1. The van der Waals surface area contributed by atoms with Gasteiger partial charge in [-0.25, -0.2) is 13.4 Å². The molecular formula is C11H14N2O3S3. The number of hydrogen-bond acceptors (Lipinski definition) is 6. The number of thiazole rings is 1. The number of hydrogen-bond donors (Lipinski definition) is 1. The van der Waals surface area contributed by atoms with Crippen LogP contribution in [0.15, 0.2) is 21.9 Å². The lowest BCUT2D eigenvalue weighted by atomic mass is 10.4. The Hall–Kier alpha value is -0.800. The Kier molecular flexibility index (Phi) is 4.36. The Bertz CT molecular complexity index is 647. The van der Waals surface area contributed by atoms with Gasteiger partial charge in [0.05, 0.1) is 29.3 Å². The van der Waals surface area contributed by atoms with Crippen LogP contribution in [0.2, 0.25) is 0 Å². The first kappa shape index (κ1) is 14.6. The van der Waals surface area contributed by atoms with Crippen molar-refractivity contribution >= 4 is 32.7 Å². The molecule has 2 heterocycles. The molecule has 1 N–H and O–H groups in total. The number of thiophene rings is 1. The maximum absolute atomic E-state index is 12.4. The molecule has 0 saturated heterocycles. The zero-order valence-electron chi connectivity index (χ0n) is 10.5. The van der Waals surface area contributed by atoms with E-state index in [2.05, 4.69) is 4.98 Å². The minimum absolute atomic E-state index is 0.142. The monoisotopic (exact) mass is 318 g/mol. The normalized spacial score (nSPS) is 12.2. The highest BCUT2D eigenvalue weighted by atomic mass is 32.2. The van der Waals surface area contributed by atoms with E-state index in [9.17, 15) is 8.42 Å². The van der Waals surface area contributed by atoms with Crippen LogP contribution in [0.5, 0.6) is 0 Å². The van der Waals surface area contributed by atoms with Crippen molar-refractivity contribution in [3.8, 4) is 0 Å². The van der Waals surface area contributed by atoms with E-state index in [-0.39, 0.29) is 18.0 Å². The van der Waals surface area contributed by atoms with Crippen LogP contribution < -0.4 is 0 Å². The van der Waals surface area contributed by atoms with Gasteiger partial charge in [-0.05, 0) is 13.0 Å². The summed E-state index contributed by atoms with van der Waals surface area (Å²) >= 11 is 2.73. The summed E-state index contributed by atoms with van der Waals surface area (Å²) in [6.07, 6.45) is 0. The van der Waals surface area contributed by atoms with Crippen molar-refractivity contribution in [1.29, 1.82) is 0 Å². The molecule has 0 fully saturated rings. The molecular weight excluding hydrogens is 304 g/mol. The fraction of sp³-hybridized carbons (Fsp3) is 0.364. The van der Waals surface area contributed by atoms with Gasteiger partial charge in [-0.1, -0.05) is 0 Å². The number of nitrogens with zero attached hydrogens (tertiary/aromatic N) is 2. The lowest BCUT2D eigenvalue weighted by molar-refractivity contribution is 0.285. The van der Waals surface area contributed by atoms with Gasteiger partial charge in [-0.3, -0.25) is 0 Å². The van der Waals surface area contributed by atoms with Gasteiger partial charge < -0.3 is 5.11 Å². The second-order valence-electron chi connectivity index (χ2n) is 4.03. The average Bonchev–Trinajstić information content (AvgIpc) is 2.98. The summed E-state index contributed by atoms with van der Waals surface area (Å²) in [4.78, 5) is 5.69. The van der Waals surface area contributed by atoms with E-state index in [1.807, 2.05) is 5.38 Å². The van der Waals surface area contributed by atoms with Crippen LogP contribution in [0.3, 0.4) is 0 Å². The third kappa shape index (κ3) is 3.03. The highest BCUT2D eigenvalue weighted by Crippen LogP contribution is 2.28. The van der Waals surface area contributed by atoms with Crippen LogP contribution in [0, 0.1) is 6.92 Å². The maximum atomic E-state index is 12.4. The van der Waals surface area contributed by atoms with Gasteiger partial charge in [0.15, 0.2) is 0 Å². The summed E-state index contributed by atoms with van der Waals surface area (Å²) in [5.41, 5.74) is 2.40. The Labute approximate surface area is 120 Å². The Balaban J connectivity index is 2.28. The number of sulfonamides is 1. The van der Waals surface area contributed by atoms with Crippen molar-refractivity contribution in [3.63, 3.8) is 0 Å². The van der Waals surface area contributed by atoms with Crippen molar-refractivity contribution in [1.82, 2.24) is 9.29 Å². The molecule has 5 nitrogen and oxygen atoms in total. The van der Waals surface area contributed by atoms with Crippen LogP contribution in [0.25, 0.3) is 0 Å². The molecule has 0 aliphatic heterocycles. The van der Waals surface area contributed by atoms with Crippen LogP contribution in [0.4, 0.5) is 0 Å². The van der Waals surface area contributed by atoms with Crippen LogP contribution in [-0.2, 0) is 23.2 Å². The van der Waals surface area contributed by atoms with Crippen molar-refractivity contribution in [2.45, 2.75) is 25.0 Å². The molecule has 0 saturated carbocycles. The van der Waals surface area contributed by atoms with Crippen LogP contribution >= 0.6 is 22.7 Å². The van der Waals surface area contributed by atoms with E-state index in [0.29, 0.717) is 9.75 Å². The van der Waals surface area contributed by atoms with E-state index in [0.717, 1.165) is 5.69 Å². The predicted octanol–water partition coefficient (Wildman–Crippen LogP) is 1.83. The molecule has 2 aromatic rings. The molecule has 0 atom stereocenters. The van der Waals surface area contributed by atoms with Gasteiger partial charge >= 0.3 is 0 Å². The first-order valence-electron chi connectivity index (χ1n) is 5.48. The van der Waals surface area contributed by atoms with Gasteiger partial charge in [-0.15, -0.1) is 22.7 Å². The molecule has 0 aliphatic carbocycles. The average molecular weight is 318 g/mol. The first-order valence-corrected chi connectivity index (χ1v) is 8.68. The number of aliphatic hydroxyl groups is 1. The molecule has 104 valence electrons. The molecule has 2 aromatic heterocycles. The second kappa shape index (κ2) is 5.68. The van der Waals surface area contributed by atoms with Gasteiger partial charge in [0, 0.05) is 22.2 Å².